The topological polar surface area (TPSA) is 38.3 Å². The Morgan fingerprint density at radius 3 is 2.09 bits per heavy atom. The largest absolute Gasteiger partial charge is 0.465 e. The van der Waals surface area contributed by atoms with E-state index < -0.39 is 0 Å². The van der Waals surface area contributed by atoms with E-state index in [1.54, 1.807) is 0 Å². The van der Waals surface area contributed by atoms with Crippen LogP contribution in [0.1, 0.15) is 36.8 Å². The van der Waals surface area contributed by atoms with Crippen LogP contribution in [0.5, 0.6) is 0 Å². The fraction of sp³-hybridized carbons (Fsp3) is 0.350. The van der Waals surface area contributed by atoms with Crippen LogP contribution in [0.4, 0.5) is 0 Å². The third-order valence-electron chi connectivity index (χ3n) is 3.82. The second-order valence-corrected chi connectivity index (χ2v) is 5.50. The van der Waals surface area contributed by atoms with Gasteiger partial charge in [0, 0.05) is 5.92 Å². The third kappa shape index (κ3) is 5.87. The fourth-order valence-corrected chi connectivity index (χ4v) is 2.73. The lowest BCUT2D eigenvalue weighted by molar-refractivity contribution is -0.141. The van der Waals surface area contributed by atoms with Crippen molar-refractivity contribution in [3.8, 4) is 0 Å². The quantitative estimate of drug-likeness (QED) is 0.566. The van der Waals surface area contributed by atoms with Crippen LogP contribution in [-0.2, 0) is 9.53 Å². The number of benzene rings is 2. The van der Waals surface area contributed by atoms with Crippen molar-refractivity contribution in [3.05, 3.63) is 71.8 Å². The van der Waals surface area contributed by atoms with Gasteiger partial charge in [0.2, 0.25) is 0 Å². The molecule has 0 bridgehead atoms. The van der Waals surface area contributed by atoms with Gasteiger partial charge in [-0.3, -0.25) is 4.79 Å². The summed E-state index contributed by atoms with van der Waals surface area (Å²) in [6.07, 6.45) is 2.05. The molecule has 3 nitrogen and oxygen atoms in total. The fourth-order valence-electron chi connectivity index (χ4n) is 2.73. The lowest BCUT2D eigenvalue weighted by Crippen LogP contribution is -2.25. The molecule has 3 heteroatoms. The second kappa shape index (κ2) is 9.80. The van der Waals surface area contributed by atoms with Crippen molar-refractivity contribution in [1.82, 2.24) is 5.32 Å². The first kappa shape index (κ1) is 17.2. The third-order valence-corrected chi connectivity index (χ3v) is 3.82. The van der Waals surface area contributed by atoms with E-state index in [0.717, 1.165) is 19.4 Å². The average Bonchev–Trinajstić information content (AvgIpc) is 2.60. The molecule has 0 aliphatic carbocycles. The monoisotopic (exact) mass is 311 g/mol. The van der Waals surface area contributed by atoms with Gasteiger partial charge < -0.3 is 10.1 Å². The van der Waals surface area contributed by atoms with Crippen molar-refractivity contribution < 1.29 is 9.53 Å². The zero-order valence-electron chi connectivity index (χ0n) is 13.7. The van der Waals surface area contributed by atoms with Crippen LogP contribution in [-0.4, -0.2) is 25.7 Å². The van der Waals surface area contributed by atoms with Crippen molar-refractivity contribution in [2.75, 3.05) is 19.7 Å². The minimum Gasteiger partial charge on any atom is -0.465 e. The molecule has 0 aliphatic rings. The van der Waals surface area contributed by atoms with E-state index in [-0.39, 0.29) is 12.5 Å². The maximum atomic E-state index is 11.3. The number of nitrogens with one attached hydrogen (secondary N) is 1. The van der Waals surface area contributed by atoms with Gasteiger partial charge in [-0.1, -0.05) is 60.7 Å². The first-order chi connectivity index (χ1) is 11.3. The molecule has 0 unspecified atom stereocenters. The van der Waals surface area contributed by atoms with Crippen LogP contribution in [0.3, 0.4) is 0 Å². The first-order valence-corrected chi connectivity index (χ1v) is 8.27. The Morgan fingerprint density at radius 2 is 1.57 bits per heavy atom. The molecule has 0 radical (unpaired) electrons. The molecule has 0 fully saturated rings. The van der Waals surface area contributed by atoms with E-state index in [4.69, 9.17) is 4.74 Å². The van der Waals surface area contributed by atoms with Crippen molar-refractivity contribution >= 4 is 5.97 Å². The summed E-state index contributed by atoms with van der Waals surface area (Å²) in [7, 11) is 0. The molecule has 2 rings (SSSR count). The molecule has 0 amide bonds. The predicted molar refractivity (Wildman–Crippen MR) is 93.5 cm³/mol. The number of carbonyl (C=O) groups is 1. The summed E-state index contributed by atoms with van der Waals surface area (Å²) in [5.74, 6) is 0.206. The molecule has 0 heterocycles. The van der Waals surface area contributed by atoms with E-state index in [1.165, 1.54) is 11.1 Å². The lowest BCUT2D eigenvalue weighted by atomic mass is 9.87. The van der Waals surface area contributed by atoms with Crippen molar-refractivity contribution in [2.45, 2.75) is 25.7 Å². The van der Waals surface area contributed by atoms with Gasteiger partial charge in [-0.2, -0.15) is 0 Å². The van der Waals surface area contributed by atoms with E-state index >= 15 is 0 Å². The van der Waals surface area contributed by atoms with Crippen LogP contribution < -0.4 is 5.32 Å². The predicted octanol–water partition coefficient (Wildman–Crippen LogP) is 3.75. The van der Waals surface area contributed by atoms with E-state index in [9.17, 15) is 4.79 Å². The molecule has 2 aromatic carbocycles. The standard InChI is InChI=1S/C20H25NO2/c1-2-23-20(22)16-21-15-9-14-19(17-10-5-3-6-11-17)18-12-7-4-8-13-18/h3-8,10-13,19,21H,2,9,14-16H2,1H3. The van der Waals surface area contributed by atoms with Crippen LogP contribution in [0.25, 0.3) is 0 Å². The van der Waals surface area contributed by atoms with Crippen LogP contribution in [0.15, 0.2) is 60.7 Å². The summed E-state index contributed by atoms with van der Waals surface area (Å²) in [4.78, 5) is 11.3. The summed E-state index contributed by atoms with van der Waals surface area (Å²) in [5, 5.41) is 3.15. The minimum absolute atomic E-state index is 0.185. The van der Waals surface area contributed by atoms with E-state index in [0.29, 0.717) is 12.5 Å². The van der Waals surface area contributed by atoms with Crippen LogP contribution >= 0.6 is 0 Å². The second-order valence-electron chi connectivity index (χ2n) is 5.50. The molecule has 122 valence electrons. The van der Waals surface area contributed by atoms with Gasteiger partial charge in [-0.05, 0) is 37.4 Å². The van der Waals surface area contributed by atoms with Crippen LogP contribution in [0, 0.1) is 0 Å². The van der Waals surface area contributed by atoms with E-state index in [1.807, 2.05) is 19.1 Å². The van der Waals surface area contributed by atoms with Gasteiger partial charge in [-0.25, -0.2) is 0 Å². The highest BCUT2D eigenvalue weighted by atomic mass is 16.5. The summed E-state index contributed by atoms with van der Waals surface area (Å²) >= 11 is 0. The Labute approximate surface area is 138 Å². The Balaban J connectivity index is 1.88. The number of hydrogen-bond acceptors (Lipinski definition) is 3. The van der Waals surface area contributed by atoms with Crippen molar-refractivity contribution in [1.29, 1.82) is 0 Å². The molecule has 0 aromatic heterocycles. The van der Waals surface area contributed by atoms with Gasteiger partial charge in [0.1, 0.15) is 0 Å². The van der Waals surface area contributed by atoms with E-state index in [2.05, 4.69) is 53.8 Å². The Kier molecular flexibility index (Phi) is 7.34. The number of carbonyl (C=O) groups excluding carboxylic acids is 1. The molecule has 0 aliphatic heterocycles. The lowest BCUT2D eigenvalue weighted by Gasteiger charge is -2.18. The Morgan fingerprint density at radius 1 is 1.00 bits per heavy atom. The highest BCUT2D eigenvalue weighted by Gasteiger charge is 2.13. The molecule has 2 aromatic rings. The van der Waals surface area contributed by atoms with Crippen molar-refractivity contribution in [2.24, 2.45) is 0 Å². The smallest absolute Gasteiger partial charge is 0.319 e. The SMILES string of the molecule is CCOC(=O)CNCCCC(c1ccccc1)c1ccccc1. The molecular weight excluding hydrogens is 286 g/mol. The number of hydrogen-bond donors (Lipinski definition) is 1. The summed E-state index contributed by atoms with van der Waals surface area (Å²) < 4.78 is 4.91. The molecule has 23 heavy (non-hydrogen) atoms. The highest BCUT2D eigenvalue weighted by molar-refractivity contribution is 5.71. The Bertz CT molecular complexity index is 529. The summed E-state index contributed by atoms with van der Waals surface area (Å²) in [5.41, 5.74) is 2.67. The molecule has 0 atom stereocenters. The summed E-state index contributed by atoms with van der Waals surface area (Å²) in [6.45, 7) is 3.36. The molecule has 1 N–H and O–H groups in total. The molecule has 0 saturated heterocycles. The zero-order chi connectivity index (χ0) is 16.3. The Hall–Kier alpha value is -2.13. The highest BCUT2D eigenvalue weighted by Crippen LogP contribution is 2.28. The minimum atomic E-state index is -0.185. The first-order valence-electron chi connectivity index (χ1n) is 8.27. The molecule has 0 spiro atoms. The van der Waals surface area contributed by atoms with Gasteiger partial charge >= 0.3 is 5.97 Å². The van der Waals surface area contributed by atoms with Gasteiger partial charge in [0.05, 0.1) is 13.2 Å². The van der Waals surface area contributed by atoms with Crippen molar-refractivity contribution in [3.63, 3.8) is 0 Å². The maximum Gasteiger partial charge on any atom is 0.319 e. The number of ether oxygens (including phenoxy) is 1. The molecule has 0 saturated carbocycles. The normalized spacial score (nSPS) is 10.7. The summed E-state index contributed by atoms with van der Waals surface area (Å²) in [6, 6.07) is 21.2. The number of esters is 1. The van der Waals surface area contributed by atoms with Gasteiger partial charge in [0.15, 0.2) is 0 Å². The maximum absolute atomic E-state index is 11.3. The van der Waals surface area contributed by atoms with Crippen LogP contribution in [0.2, 0.25) is 0 Å². The average molecular weight is 311 g/mol. The number of rotatable bonds is 9. The van der Waals surface area contributed by atoms with Gasteiger partial charge in [-0.15, -0.1) is 0 Å². The van der Waals surface area contributed by atoms with Gasteiger partial charge in [0.25, 0.3) is 0 Å². The zero-order valence-corrected chi connectivity index (χ0v) is 13.7. The molecular formula is C20H25NO2.